The highest BCUT2D eigenvalue weighted by molar-refractivity contribution is 7.51. The molecule has 0 bridgehead atoms. The number of aromatic nitrogens is 2. The molecule has 13 nitrogen and oxygen atoms in total. The number of alkyl halides is 1. The van der Waals surface area contributed by atoms with Gasteiger partial charge in [-0.25, -0.2) is 18.8 Å². The minimum Gasteiger partial charge on any atom is -0.384 e. The summed E-state index contributed by atoms with van der Waals surface area (Å²) >= 11 is 0. The van der Waals surface area contributed by atoms with Crippen LogP contribution in [0.5, 0.6) is 0 Å². The van der Waals surface area contributed by atoms with Crippen molar-refractivity contribution in [2.75, 3.05) is 45.6 Å². The molecule has 5 unspecified atom stereocenters. The van der Waals surface area contributed by atoms with Gasteiger partial charge in [0, 0.05) is 45.9 Å². The number of nitrogen functional groups attached to an aromatic ring is 1. The number of amides is 1. The van der Waals surface area contributed by atoms with Gasteiger partial charge in [-0.05, 0) is 57.9 Å². The van der Waals surface area contributed by atoms with Crippen LogP contribution in [-0.4, -0.2) is 78.3 Å². The van der Waals surface area contributed by atoms with E-state index in [0.29, 0.717) is 32.5 Å². The van der Waals surface area contributed by atoms with E-state index in [1.165, 1.54) is 26.3 Å². The van der Waals surface area contributed by atoms with E-state index in [2.05, 4.69) is 94.5 Å². The topological polar surface area (TPSA) is 179 Å². The molecule has 0 aromatic carbocycles. The van der Waals surface area contributed by atoms with Crippen LogP contribution in [0.15, 0.2) is 90.0 Å². The summed E-state index contributed by atoms with van der Waals surface area (Å²) in [6.07, 6.45) is 29.0. The number of anilines is 1. The van der Waals surface area contributed by atoms with Gasteiger partial charge >= 0.3 is 13.4 Å². The lowest BCUT2D eigenvalue weighted by atomic mass is 9.96. The van der Waals surface area contributed by atoms with E-state index in [1.54, 1.807) is 0 Å². The van der Waals surface area contributed by atoms with Crippen molar-refractivity contribution in [1.29, 1.82) is 0 Å². The first-order valence-electron chi connectivity index (χ1n) is 17.8. The van der Waals surface area contributed by atoms with Crippen LogP contribution >= 0.6 is 7.75 Å². The Balaban J connectivity index is 1.51. The third kappa shape index (κ3) is 17.4. The molecule has 1 aliphatic rings. The molecule has 1 aromatic heterocycles. The van der Waals surface area contributed by atoms with E-state index >= 15 is 4.39 Å². The molecule has 1 aliphatic heterocycles. The lowest BCUT2D eigenvalue weighted by Crippen LogP contribution is -2.45. The smallest absolute Gasteiger partial charge is 0.384 e. The zero-order valence-corrected chi connectivity index (χ0v) is 31.6. The number of nitrogens with one attached hydrogen (secondary N) is 3. The van der Waals surface area contributed by atoms with Gasteiger partial charge in [0.05, 0.1) is 6.61 Å². The van der Waals surface area contributed by atoms with E-state index in [9.17, 15) is 19.3 Å². The van der Waals surface area contributed by atoms with Crippen molar-refractivity contribution < 1.29 is 32.6 Å². The minimum absolute atomic E-state index is 0.0414. The lowest BCUT2D eigenvalue weighted by Gasteiger charge is -2.26. The van der Waals surface area contributed by atoms with Crippen molar-refractivity contribution in [1.82, 2.24) is 25.3 Å². The monoisotopic (exact) mass is 748 g/mol. The zero-order valence-electron chi connectivity index (χ0n) is 30.7. The summed E-state index contributed by atoms with van der Waals surface area (Å²) in [6, 6.07) is 1.30. The number of nitrogens with two attached hydrogens (primary N) is 1. The van der Waals surface area contributed by atoms with Gasteiger partial charge < -0.3 is 30.7 Å². The third-order valence-corrected chi connectivity index (χ3v) is 9.47. The Morgan fingerprint density at radius 3 is 2.12 bits per heavy atom. The predicted octanol–water partition coefficient (Wildman–Crippen LogP) is 5.36. The number of hydrogen-bond donors (Lipinski definition) is 5. The molecule has 2 heterocycles. The fraction of sp³-hybridized carbons (Fsp3) is 0.541. The van der Waals surface area contributed by atoms with Crippen LogP contribution < -0.4 is 27.1 Å². The Bertz CT molecular complexity index is 1480. The average Bonchev–Trinajstić information content (AvgIpc) is 3.34. The Morgan fingerprint density at radius 2 is 1.56 bits per heavy atom. The van der Waals surface area contributed by atoms with Crippen molar-refractivity contribution in [2.45, 2.75) is 89.3 Å². The van der Waals surface area contributed by atoms with Gasteiger partial charge in [0.25, 0.3) is 0 Å². The van der Waals surface area contributed by atoms with Crippen LogP contribution in [0.2, 0.25) is 0 Å². The first-order chi connectivity index (χ1) is 25.0. The Morgan fingerprint density at radius 1 is 1.00 bits per heavy atom. The van der Waals surface area contributed by atoms with Crippen molar-refractivity contribution in [3.05, 3.63) is 95.7 Å². The normalized spacial score (nSPS) is 22.3. The molecule has 1 amide bonds. The molecule has 290 valence electrons. The highest BCUT2D eigenvalue weighted by atomic mass is 31.2. The van der Waals surface area contributed by atoms with E-state index in [1.807, 2.05) is 6.08 Å². The number of carbonyl (C=O) groups is 1. The largest absolute Gasteiger partial charge is 0.405 e. The fourth-order valence-electron chi connectivity index (χ4n) is 4.84. The van der Waals surface area contributed by atoms with Gasteiger partial charge in [0.1, 0.15) is 17.5 Å². The van der Waals surface area contributed by atoms with Gasteiger partial charge in [-0.2, -0.15) is 4.98 Å². The summed E-state index contributed by atoms with van der Waals surface area (Å²) in [5, 5.41) is 19.4. The fourth-order valence-corrected chi connectivity index (χ4v) is 5.89. The Kier molecular flexibility index (Phi) is 21.9. The van der Waals surface area contributed by atoms with Gasteiger partial charge in [0.2, 0.25) is 5.91 Å². The summed E-state index contributed by atoms with van der Waals surface area (Å²) in [4.78, 5) is 27.8. The maximum atomic E-state index is 15.1. The van der Waals surface area contributed by atoms with Crippen molar-refractivity contribution in [3.8, 4) is 0 Å². The molecule has 1 fully saturated rings. The summed E-state index contributed by atoms with van der Waals surface area (Å²) in [5.41, 5.74) is 2.58. The van der Waals surface area contributed by atoms with Crippen molar-refractivity contribution in [2.24, 2.45) is 0 Å². The summed E-state index contributed by atoms with van der Waals surface area (Å²) in [6.45, 7) is 4.32. The number of carbonyl (C=O) groups excluding carboxylic acids is 1. The number of halogens is 1. The maximum absolute atomic E-state index is 15.1. The number of nitrogens with zero attached hydrogens (tertiary/aromatic N) is 2. The van der Waals surface area contributed by atoms with Crippen molar-refractivity contribution in [3.63, 3.8) is 0 Å². The molecule has 0 spiro atoms. The molecule has 5 atom stereocenters. The summed E-state index contributed by atoms with van der Waals surface area (Å²) in [5.74, 6) is -0.0858. The number of rotatable bonds is 26. The van der Waals surface area contributed by atoms with E-state index < -0.39 is 44.1 Å². The second-order valence-corrected chi connectivity index (χ2v) is 14.1. The molecule has 1 saturated heterocycles. The molecule has 52 heavy (non-hydrogen) atoms. The van der Waals surface area contributed by atoms with Crippen LogP contribution in [-0.2, 0) is 23.1 Å². The Labute approximate surface area is 307 Å². The standard InChI is InChI=1S/C37H58FN6O7P/c1-4-5-6-7-8-9-10-11-12-13-14-15-16-17-18-19-20-21-22-23-33(45)41-27-25-40-26-28-42-52(48,49-3)50-30-31-37(2,47)34(38)35(51-31)44-29-24-32(39)43-36(44)46/h5-6,8-9,11-12,14-15,17-18,20-21,24,29,31,34-35,40,47H,4,7,10,13,16,19,22-23,25-28,30H2,1-3H3,(H,41,45)(H,42,48)(H2,39,43,46). The average molecular weight is 749 g/mol. The molecular formula is C37H58FN6O7P. The number of allylic oxidation sites excluding steroid dienone is 12. The second kappa shape index (κ2) is 25.5. The predicted molar refractivity (Wildman–Crippen MR) is 204 cm³/mol. The van der Waals surface area contributed by atoms with E-state index in [-0.39, 0.29) is 18.3 Å². The molecule has 0 saturated carbocycles. The van der Waals surface area contributed by atoms with Crippen LogP contribution in [0.4, 0.5) is 10.2 Å². The molecule has 1 aromatic rings. The molecule has 6 N–H and O–H groups in total. The Hall–Kier alpha value is -3.49. The number of hydrogen-bond acceptors (Lipinski definition) is 10. The molecule has 15 heteroatoms. The zero-order chi connectivity index (χ0) is 38.1. The summed E-state index contributed by atoms with van der Waals surface area (Å²) < 4.78 is 45.0. The molecule has 0 radical (unpaired) electrons. The van der Waals surface area contributed by atoms with Gasteiger partial charge in [-0.1, -0.05) is 79.8 Å². The second-order valence-electron chi connectivity index (χ2n) is 12.1. The quantitative estimate of drug-likeness (QED) is 0.0468. The number of ether oxygens (including phenoxy) is 1. The highest BCUT2D eigenvalue weighted by Gasteiger charge is 2.55. The number of aliphatic hydroxyl groups is 1. The van der Waals surface area contributed by atoms with Gasteiger partial charge in [0.15, 0.2) is 12.4 Å². The SMILES string of the molecule is CCC=CCC=CCC=CCC=CCC=CCC=CCCC(=O)NCCNCCNP(=O)(OC)OCC1OC(n2ccc(N)nc2=O)C(F)C1(C)O. The lowest BCUT2D eigenvalue weighted by molar-refractivity contribution is -0.120. The highest BCUT2D eigenvalue weighted by Crippen LogP contribution is 2.45. The third-order valence-electron chi connectivity index (χ3n) is 7.89. The van der Waals surface area contributed by atoms with E-state index in [0.717, 1.165) is 43.1 Å². The van der Waals surface area contributed by atoms with Crippen LogP contribution in [0, 0.1) is 0 Å². The van der Waals surface area contributed by atoms with Crippen molar-refractivity contribution >= 4 is 19.5 Å². The first-order valence-corrected chi connectivity index (χ1v) is 19.4. The minimum atomic E-state index is -3.84. The molecule has 2 rings (SSSR count). The van der Waals surface area contributed by atoms with Gasteiger partial charge in [-0.3, -0.25) is 13.9 Å². The maximum Gasteiger partial charge on any atom is 0.405 e. The molecule has 0 aliphatic carbocycles. The van der Waals surface area contributed by atoms with Crippen LogP contribution in [0.25, 0.3) is 0 Å². The summed E-state index contributed by atoms with van der Waals surface area (Å²) in [7, 11) is -2.65. The van der Waals surface area contributed by atoms with E-state index in [4.69, 9.17) is 19.5 Å². The van der Waals surface area contributed by atoms with Crippen LogP contribution in [0.3, 0.4) is 0 Å². The first kappa shape index (κ1) is 44.7. The van der Waals surface area contributed by atoms with Gasteiger partial charge in [-0.15, -0.1) is 0 Å². The van der Waals surface area contributed by atoms with Crippen LogP contribution in [0.1, 0.15) is 71.4 Å². The molecular weight excluding hydrogens is 690 g/mol.